The molecule has 17 heavy (non-hydrogen) atoms. The molecule has 0 bridgehead atoms. The number of hydrogen-bond acceptors (Lipinski definition) is 3. The standard InChI is InChI=1S/C14H12OS2/c15-11(8-10-4-2-1-3-5-10)13-9-14-12(17-13)6-7-16-14/h1-7,9,11,15H,8H2. The molecule has 1 atom stereocenters. The molecular weight excluding hydrogens is 248 g/mol. The van der Waals surface area contributed by atoms with E-state index in [0.717, 1.165) is 4.88 Å². The minimum Gasteiger partial charge on any atom is -0.387 e. The topological polar surface area (TPSA) is 20.2 Å². The summed E-state index contributed by atoms with van der Waals surface area (Å²) in [6.07, 6.45) is 0.302. The summed E-state index contributed by atoms with van der Waals surface area (Å²) >= 11 is 3.42. The molecule has 0 saturated carbocycles. The zero-order valence-corrected chi connectivity index (χ0v) is 10.8. The summed E-state index contributed by atoms with van der Waals surface area (Å²) in [5, 5.41) is 12.3. The summed E-state index contributed by atoms with van der Waals surface area (Å²) in [6.45, 7) is 0. The van der Waals surface area contributed by atoms with Gasteiger partial charge in [0.2, 0.25) is 0 Å². The number of thiophene rings is 2. The molecular formula is C14H12OS2. The summed E-state index contributed by atoms with van der Waals surface area (Å²) in [6, 6.07) is 14.3. The highest BCUT2D eigenvalue weighted by molar-refractivity contribution is 7.26. The van der Waals surface area contributed by atoms with Gasteiger partial charge in [0.25, 0.3) is 0 Å². The Morgan fingerprint density at radius 2 is 1.88 bits per heavy atom. The van der Waals surface area contributed by atoms with Crippen molar-refractivity contribution in [2.75, 3.05) is 0 Å². The van der Waals surface area contributed by atoms with Crippen LogP contribution in [-0.2, 0) is 6.42 Å². The molecule has 1 N–H and O–H groups in total. The van der Waals surface area contributed by atoms with Gasteiger partial charge < -0.3 is 5.11 Å². The van der Waals surface area contributed by atoms with E-state index in [4.69, 9.17) is 0 Å². The Morgan fingerprint density at radius 3 is 2.65 bits per heavy atom. The third kappa shape index (κ3) is 2.27. The van der Waals surface area contributed by atoms with Crippen LogP contribution in [-0.4, -0.2) is 5.11 Å². The number of hydrogen-bond donors (Lipinski definition) is 1. The largest absolute Gasteiger partial charge is 0.387 e. The van der Waals surface area contributed by atoms with Gasteiger partial charge in [-0.15, -0.1) is 22.7 Å². The molecule has 0 amide bonds. The molecule has 0 saturated heterocycles. The Morgan fingerprint density at radius 1 is 1.06 bits per heavy atom. The highest BCUT2D eigenvalue weighted by Crippen LogP contribution is 2.34. The Balaban J connectivity index is 1.82. The van der Waals surface area contributed by atoms with Gasteiger partial charge in [-0.3, -0.25) is 0 Å². The van der Waals surface area contributed by atoms with Crippen molar-refractivity contribution in [2.45, 2.75) is 12.5 Å². The minimum atomic E-state index is -0.387. The number of benzene rings is 1. The van der Waals surface area contributed by atoms with Crippen LogP contribution in [0.4, 0.5) is 0 Å². The first kappa shape index (κ1) is 11.0. The summed E-state index contributed by atoms with van der Waals surface area (Å²) in [5.74, 6) is 0. The Hall–Kier alpha value is -1.16. The molecule has 0 aliphatic heterocycles. The van der Waals surface area contributed by atoms with Crippen molar-refractivity contribution in [3.05, 3.63) is 58.3 Å². The van der Waals surface area contributed by atoms with E-state index >= 15 is 0 Å². The van der Waals surface area contributed by atoms with Crippen LogP contribution in [0.25, 0.3) is 9.40 Å². The van der Waals surface area contributed by atoms with Crippen molar-refractivity contribution in [1.29, 1.82) is 0 Å². The van der Waals surface area contributed by atoms with Gasteiger partial charge >= 0.3 is 0 Å². The van der Waals surface area contributed by atoms with Crippen molar-refractivity contribution in [3.63, 3.8) is 0 Å². The third-order valence-electron chi connectivity index (χ3n) is 2.76. The Kier molecular flexibility index (Phi) is 2.97. The summed E-state index contributed by atoms with van der Waals surface area (Å²) in [7, 11) is 0. The normalized spacial score (nSPS) is 13.0. The van der Waals surface area contributed by atoms with E-state index in [-0.39, 0.29) is 6.10 Å². The van der Waals surface area contributed by atoms with Crippen LogP contribution >= 0.6 is 22.7 Å². The SMILES string of the molecule is OC(Cc1ccccc1)c1cc2sccc2s1. The molecule has 3 aromatic rings. The number of rotatable bonds is 3. The van der Waals surface area contributed by atoms with E-state index in [9.17, 15) is 5.11 Å². The molecule has 0 radical (unpaired) electrons. The molecule has 0 spiro atoms. The second-order valence-electron chi connectivity index (χ2n) is 4.00. The van der Waals surface area contributed by atoms with Gasteiger partial charge in [-0.25, -0.2) is 0 Å². The van der Waals surface area contributed by atoms with Gasteiger partial charge in [0.05, 0.1) is 6.10 Å². The summed E-state index contributed by atoms with van der Waals surface area (Å²) in [4.78, 5) is 1.07. The third-order valence-corrected chi connectivity index (χ3v) is 4.95. The monoisotopic (exact) mass is 260 g/mol. The lowest BCUT2D eigenvalue weighted by Gasteiger charge is -2.07. The molecule has 1 aromatic carbocycles. The van der Waals surface area contributed by atoms with Gasteiger partial charge in [0, 0.05) is 20.7 Å². The van der Waals surface area contributed by atoms with Crippen molar-refractivity contribution in [3.8, 4) is 0 Å². The lowest BCUT2D eigenvalue weighted by molar-refractivity contribution is 0.182. The predicted octanol–water partition coefficient (Wildman–Crippen LogP) is 4.24. The van der Waals surface area contributed by atoms with Crippen LogP contribution in [0.5, 0.6) is 0 Å². The number of aliphatic hydroxyl groups excluding tert-OH is 1. The average molecular weight is 260 g/mol. The average Bonchev–Trinajstić information content (AvgIpc) is 2.90. The molecule has 0 aliphatic rings. The molecule has 1 unspecified atom stereocenters. The quantitative estimate of drug-likeness (QED) is 0.747. The van der Waals surface area contributed by atoms with Crippen LogP contribution in [0.2, 0.25) is 0 Å². The summed E-state index contributed by atoms with van der Waals surface area (Å²) < 4.78 is 2.55. The highest BCUT2D eigenvalue weighted by atomic mass is 32.1. The lowest BCUT2D eigenvalue weighted by Crippen LogP contribution is -1.98. The fourth-order valence-electron chi connectivity index (χ4n) is 1.89. The Labute approximate surface area is 108 Å². The van der Waals surface area contributed by atoms with Crippen LogP contribution in [0, 0.1) is 0 Å². The first-order valence-corrected chi connectivity index (χ1v) is 7.21. The van der Waals surface area contributed by atoms with Crippen molar-refractivity contribution < 1.29 is 5.11 Å². The van der Waals surface area contributed by atoms with E-state index < -0.39 is 0 Å². The van der Waals surface area contributed by atoms with E-state index in [1.807, 2.05) is 18.2 Å². The predicted molar refractivity (Wildman–Crippen MR) is 74.8 cm³/mol. The molecule has 3 rings (SSSR count). The van der Waals surface area contributed by atoms with Crippen LogP contribution < -0.4 is 0 Å². The number of aliphatic hydroxyl groups is 1. The first-order chi connectivity index (χ1) is 8.33. The lowest BCUT2D eigenvalue weighted by atomic mass is 10.1. The zero-order valence-electron chi connectivity index (χ0n) is 9.17. The molecule has 1 nitrogen and oxygen atoms in total. The van der Waals surface area contributed by atoms with Crippen molar-refractivity contribution in [1.82, 2.24) is 0 Å². The minimum absolute atomic E-state index is 0.387. The van der Waals surface area contributed by atoms with Gasteiger partial charge in [-0.2, -0.15) is 0 Å². The molecule has 2 heterocycles. The van der Waals surface area contributed by atoms with Crippen molar-refractivity contribution in [2.24, 2.45) is 0 Å². The maximum atomic E-state index is 10.2. The molecule has 86 valence electrons. The smallest absolute Gasteiger partial charge is 0.0922 e. The summed E-state index contributed by atoms with van der Waals surface area (Å²) in [5.41, 5.74) is 1.18. The van der Waals surface area contributed by atoms with E-state index in [1.165, 1.54) is 15.0 Å². The number of fused-ring (bicyclic) bond motifs is 1. The molecule has 3 heteroatoms. The molecule has 2 aromatic heterocycles. The first-order valence-electron chi connectivity index (χ1n) is 5.52. The second-order valence-corrected chi connectivity index (χ2v) is 6.07. The van der Waals surface area contributed by atoms with E-state index in [0.29, 0.717) is 6.42 Å². The van der Waals surface area contributed by atoms with Gasteiger partial charge in [0.1, 0.15) is 0 Å². The Bertz CT molecular complexity index is 581. The molecule has 0 aliphatic carbocycles. The highest BCUT2D eigenvalue weighted by Gasteiger charge is 2.12. The zero-order chi connectivity index (χ0) is 11.7. The molecule has 0 fully saturated rings. The van der Waals surface area contributed by atoms with Crippen LogP contribution in [0.1, 0.15) is 16.5 Å². The van der Waals surface area contributed by atoms with Crippen molar-refractivity contribution >= 4 is 32.1 Å². The van der Waals surface area contributed by atoms with Gasteiger partial charge in [0.15, 0.2) is 0 Å². The maximum Gasteiger partial charge on any atom is 0.0922 e. The second kappa shape index (κ2) is 4.61. The maximum absolute atomic E-state index is 10.2. The van der Waals surface area contributed by atoms with Crippen LogP contribution in [0.3, 0.4) is 0 Å². The van der Waals surface area contributed by atoms with E-state index in [1.54, 1.807) is 22.7 Å². The fraction of sp³-hybridized carbons (Fsp3) is 0.143. The van der Waals surface area contributed by atoms with E-state index in [2.05, 4.69) is 29.6 Å². The van der Waals surface area contributed by atoms with Gasteiger partial charge in [-0.05, 0) is 23.1 Å². The van der Waals surface area contributed by atoms with Crippen LogP contribution in [0.15, 0.2) is 47.8 Å². The fourth-order valence-corrected chi connectivity index (χ4v) is 3.99. The van der Waals surface area contributed by atoms with Gasteiger partial charge in [-0.1, -0.05) is 30.3 Å².